The zero-order valence-corrected chi connectivity index (χ0v) is 18.1. The van der Waals surface area contributed by atoms with Gasteiger partial charge in [0, 0.05) is 23.8 Å². The second kappa shape index (κ2) is 11.5. The number of nitriles is 1. The number of aromatic nitrogens is 1. The molecule has 166 valence electrons. The molecule has 12 heteroatoms. The van der Waals surface area contributed by atoms with E-state index in [1.165, 1.54) is 0 Å². The van der Waals surface area contributed by atoms with Crippen LogP contribution in [0.4, 0.5) is 13.2 Å². The summed E-state index contributed by atoms with van der Waals surface area (Å²) < 4.78 is 46.0. The Kier molecular flexibility index (Phi) is 9.77. The summed E-state index contributed by atoms with van der Waals surface area (Å²) in [6, 6.07) is 8.06. The zero-order valence-electron chi connectivity index (χ0n) is 15.8. The molecule has 0 aliphatic carbocycles. The first-order valence-corrected chi connectivity index (χ1v) is 9.47. The smallest absolute Gasteiger partial charge is 0.432 e. The molecule has 2 aromatic rings. The van der Waals surface area contributed by atoms with Crippen LogP contribution in [0.3, 0.4) is 0 Å². The summed E-state index contributed by atoms with van der Waals surface area (Å²) in [5.74, 6) is -2.51. The van der Waals surface area contributed by atoms with E-state index < -0.39 is 23.8 Å². The molecule has 0 radical (unpaired) electrons. The van der Waals surface area contributed by atoms with E-state index in [9.17, 15) is 28.0 Å². The van der Waals surface area contributed by atoms with Crippen molar-refractivity contribution >= 4 is 39.5 Å². The fraction of sp³-hybridized carbons (Fsp3) is 0.211. The van der Waals surface area contributed by atoms with Gasteiger partial charge in [-0.1, -0.05) is 23.7 Å². The fourth-order valence-corrected chi connectivity index (χ4v) is 3.17. The van der Waals surface area contributed by atoms with E-state index >= 15 is 0 Å². The van der Waals surface area contributed by atoms with Crippen LogP contribution >= 0.6 is 27.5 Å². The van der Waals surface area contributed by atoms with Crippen molar-refractivity contribution in [3.05, 3.63) is 57.2 Å². The fourth-order valence-electron chi connectivity index (χ4n) is 2.33. The van der Waals surface area contributed by atoms with Gasteiger partial charge in [-0.15, -0.1) is 0 Å². The monoisotopic (exact) mass is 522 g/mol. The molecule has 0 unspecified atom stereocenters. The first-order chi connectivity index (χ1) is 14.4. The minimum absolute atomic E-state index is 0.0978. The summed E-state index contributed by atoms with van der Waals surface area (Å²) in [5.41, 5.74) is -0.467. The van der Waals surface area contributed by atoms with Gasteiger partial charge in [-0.05, 0) is 40.5 Å². The third-order valence-corrected chi connectivity index (χ3v) is 4.52. The summed E-state index contributed by atoms with van der Waals surface area (Å²) in [4.78, 5) is 19.1. The van der Waals surface area contributed by atoms with Crippen LogP contribution < -0.4 is 0 Å². The van der Waals surface area contributed by atoms with Gasteiger partial charge in [0.15, 0.2) is 0 Å². The van der Waals surface area contributed by atoms with Crippen LogP contribution in [0.1, 0.15) is 18.2 Å². The van der Waals surface area contributed by atoms with E-state index in [-0.39, 0.29) is 29.1 Å². The summed E-state index contributed by atoms with van der Waals surface area (Å²) in [6.45, 7) is 1.61. The van der Waals surface area contributed by atoms with Gasteiger partial charge in [0.1, 0.15) is 18.5 Å². The molecule has 7 nitrogen and oxygen atoms in total. The van der Waals surface area contributed by atoms with Gasteiger partial charge in [-0.25, -0.2) is 9.59 Å². The molecule has 0 amide bonds. The molecule has 0 atom stereocenters. The van der Waals surface area contributed by atoms with Gasteiger partial charge in [-0.3, -0.25) is 0 Å². The standard InChI is InChI=1S/C15H11BrClF3N2O.C4H4O4/c1-2-23-8-22-13(9-3-5-10(17)6-4-9)11(7-21)12(16)14(22)15(18,19)20;5-3(6)1-2-4(7)8/h3-6H,2,8H2,1H3;1-2H,(H,5,6)(H,7,8)/b;2-1-. The SMILES string of the molecule is CCOCn1c(-c2ccc(Cl)cc2)c(C#N)c(Br)c1C(F)(F)F.O=C(O)/C=C\C(=O)O. The van der Waals surface area contributed by atoms with E-state index in [1.54, 1.807) is 31.2 Å². The third kappa shape index (κ3) is 7.43. The van der Waals surface area contributed by atoms with Crippen molar-refractivity contribution in [1.82, 2.24) is 4.57 Å². The molecule has 0 aliphatic rings. The predicted molar refractivity (Wildman–Crippen MR) is 108 cm³/mol. The molecule has 0 bridgehead atoms. The summed E-state index contributed by atoms with van der Waals surface area (Å²) in [7, 11) is 0. The molecular formula is C19H15BrClF3N2O5. The lowest BCUT2D eigenvalue weighted by molar-refractivity contribution is -0.146. The van der Waals surface area contributed by atoms with Gasteiger partial charge in [-0.2, -0.15) is 18.4 Å². The summed E-state index contributed by atoms with van der Waals surface area (Å²) in [5, 5.41) is 25.4. The van der Waals surface area contributed by atoms with Crippen molar-refractivity contribution < 1.29 is 37.7 Å². The predicted octanol–water partition coefficient (Wildman–Crippen LogP) is 5.17. The number of halogens is 5. The third-order valence-electron chi connectivity index (χ3n) is 3.50. The topological polar surface area (TPSA) is 113 Å². The van der Waals surface area contributed by atoms with Crippen molar-refractivity contribution in [1.29, 1.82) is 5.26 Å². The second-order valence-corrected chi connectivity index (χ2v) is 6.79. The van der Waals surface area contributed by atoms with E-state index in [2.05, 4.69) is 15.9 Å². The zero-order chi connectivity index (χ0) is 23.8. The maximum Gasteiger partial charge on any atom is 0.432 e. The second-order valence-electron chi connectivity index (χ2n) is 5.56. The Morgan fingerprint density at radius 1 is 1.23 bits per heavy atom. The number of carbonyl (C=O) groups is 2. The highest BCUT2D eigenvalue weighted by atomic mass is 79.9. The number of aliphatic carboxylic acids is 2. The Bertz CT molecular complexity index is 996. The summed E-state index contributed by atoms with van der Waals surface area (Å²) >= 11 is 8.73. The Labute approximate surface area is 188 Å². The molecule has 1 heterocycles. The van der Waals surface area contributed by atoms with Gasteiger partial charge < -0.3 is 19.5 Å². The minimum atomic E-state index is -4.63. The Morgan fingerprint density at radius 2 is 1.74 bits per heavy atom. The highest BCUT2D eigenvalue weighted by molar-refractivity contribution is 9.10. The van der Waals surface area contributed by atoms with Crippen LogP contribution in [-0.4, -0.2) is 33.3 Å². The molecule has 0 saturated carbocycles. The first-order valence-electron chi connectivity index (χ1n) is 8.30. The van der Waals surface area contributed by atoms with Gasteiger partial charge >= 0.3 is 18.1 Å². The average Bonchev–Trinajstić information content (AvgIpc) is 2.97. The largest absolute Gasteiger partial charge is 0.478 e. The lowest BCUT2D eigenvalue weighted by Gasteiger charge is -2.15. The van der Waals surface area contributed by atoms with Crippen LogP contribution in [0.15, 0.2) is 40.9 Å². The van der Waals surface area contributed by atoms with Crippen molar-refractivity contribution in [2.24, 2.45) is 0 Å². The van der Waals surface area contributed by atoms with Crippen LogP contribution in [0.5, 0.6) is 0 Å². The number of benzene rings is 1. The molecule has 2 rings (SSSR count). The van der Waals surface area contributed by atoms with Gasteiger partial charge in [0.25, 0.3) is 0 Å². The number of ether oxygens (including phenoxy) is 1. The van der Waals surface area contributed by atoms with Crippen LogP contribution in [0.2, 0.25) is 5.02 Å². The average molecular weight is 524 g/mol. The molecule has 31 heavy (non-hydrogen) atoms. The minimum Gasteiger partial charge on any atom is -0.478 e. The molecule has 2 N–H and O–H groups in total. The maximum atomic E-state index is 13.4. The molecule has 0 aliphatic heterocycles. The molecule has 0 fully saturated rings. The highest BCUT2D eigenvalue weighted by Crippen LogP contribution is 2.43. The number of hydrogen-bond acceptors (Lipinski definition) is 4. The highest BCUT2D eigenvalue weighted by Gasteiger charge is 2.40. The van der Waals surface area contributed by atoms with E-state index in [0.717, 1.165) is 4.57 Å². The van der Waals surface area contributed by atoms with Crippen molar-refractivity contribution in [3.8, 4) is 17.3 Å². The van der Waals surface area contributed by atoms with E-state index in [4.69, 9.17) is 26.6 Å². The Balaban J connectivity index is 0.000000512. The Hall–Kier alpha value is -2.81. The molecule has 0 spiro atoms. The normalized spacial score (nSPS) is 11.0. The molecular weight excluding hydrogens is 509 g/mol. The number of carboxylic acid groups (broad SMARTS) is 2. The lowest BCUT2D eigenvalue weighted by atomic mass is 10.1. The Morgan fingerprint density at radius 3 is 2.13 bits per heavy atom. The van der Waals surface area contributed by atoms with Gasteiger partial charge in [0.2, 0.25) is 0 Å². The lowest BCUT2D eigenvalue weighted by Crippen LogP contribution is -2.16. The summed E-state index contributed by atoms with van der Waals surface area (Å²) in [6.07, 6.45) is -3.52. The quantitative estimate of drug-likeness (QED) is 0.505. The van der Waals surface area contributed by atoms with Gasteiger partial charge in [0.05, 0.1) is 15.7 Å². The van der Waals surface area contributed by atoms with E-state index in [0.29, 0.717) is 22.7 Å². The van der Waals surface area contributed by atoms with Crippen LogP contribution in [0.25, 0.3) is 11.3 Å². The van der Waals surface area contributed by atoms with Crippen molar-refractivity contribution in [2.45, 2.75) is 19.8 Å². The molecule has 1 aromatic heterocycles. The number of alkyl halides is 3. The van der Waals surface area contributed by atoms with Crippen LogP contribution in [-0.2, 0) is 27.2 Å². The number of hydrogen-bond donors (Lipinski definition) is 2. The van der Waals surface area contributed by atoms with E-state index in [1.807, 2.05) is 6.07 Å². The van der Waals surface area contributed by atoms with Crippen molar-refractivity contribution in [3.63, 3.8) is 0 Å². The maximum absolute atomic E-state index is 13.4. The molecule has 1 aromatic carbocycles. The first kappa shape index (κ1) is 26.2. The number of nitrogens with zero attached hydrogens (tertiary/aromatic N) is 2. The van der Waals surface area contributed by atoms with Crippen molar-refractivity contribution in [2.75, 3.05) is 6.61 Å². The van der Waals surface area contributed by atoms with Crippen LogP contribution in [0, 0.1) is 11.3 Å². The number of carboxylic acids is 2. The number of rotatable bonds is 6. The molecule has 0 saturated heterocycles.